The van der Waals surface area contributed by atoms with Gasteiger partial charge in [0.1, 0.15) is 0 Å². The van der Waals surface area contributed by atoms with Crippen molar-refractivity contribution in [2.45, 2.75) is 0 Å². The van der Waals surface area contributed by atoms with Gasteiger partial charge in [-0.2, -0.15) is 5.10 Å². The molecule has 0 saturated heterocycles. The van der Waals surface area contributed by atoms with Crippen molar-refractivity contribution >= 4 is 60.6 Å². The zero-order valence-electron chi connectivity index (χ0n) is 8.70. The monoisotopic (exact) mass is 378 g/mol. The number of nitrogen functional groups attached to an aromatic ring is 1. The summed E-state index contributed by atoms with van der Waals surface area (Å²) in [6.45, 7) is 0. The van der Waals surface area contributed by atoms with Gasteiger partial charge in [-0.1, -0.05) is 0 Å². The molecule has 3 N–H and O–H groups in total. The van der Waals surface area contributed by atoms with Gasteiger partial charge < -0.3 is 11.1 Å². The second-order valence-electron chi connectivity index (χ2n) is 3.26. The highest BCUT2D eigenvalue weighted by atomic mass is 79.9. The lowest BCUT2D eigenvalue weighted by Gasteiger charge is -2.04. The highest BCUT2D eigenvalue weighted by Gasteiger charge is 2.15. The Morgan fingerprint density at radius 1 is 1.59 bits per heavy atom. The van der Waals surface area contributed by atoms with E-state index in [1.807, 2.05) is 0 Å². The molecular formula is C9H8Br2N4OS. The number of nitrogens with one attached hydrogen (secondary N) is 1. The molecule has 0 atom stereocenters. The van der Waals surface area contributed by atoms with Gasteiger partial charge in [-0.3, -0.25) is 9.48 Å². The predicted octanol–water partition coefficient (Wildman–Crippen LogP) is 2.84. The minimum absolute atomic E-state index is 0.211. The van der Waals surface area contributed by atoms with Gasteiger partial charge >= 0.3 is 0 Å². The first-order valence-corrected chi connectivity index (χ1v) is 6.93. The van der Waals surface area contributed by atoms with Crippen LogP contribution in [0.5, 0.6) is 0 Å². The molecule has 2 heterocycles. The molecule has 90 valence electrons. The van der Waals surface area contributed by atoms with E-state index in [2.05, 4.69) is 42.3 Å². The molecule has 2 aromatic heterocycles. The summed E-state index contributed by atoms with van der Waals surface area (Å²) in [5.74, 6) is 0.285. The molecule has 0 unspecified atom stereocenters. The van der Waals surface area contributed by atoms with E-state index in [-0.39, 0.29) is 5.91 Å². The Morgan fingerprint density at radius 2 is 2.29 bits per heavy atom. The lowest BCUT2D eigenvalue weighted by Crippen LogP contribution is -2.14. The summed E-state index contributed by atoms with van der Waals surface area (Å²) in [7, 11) is 1.71. The first kappa shape index (κ1) is 12.6. The van der Waals surface area contributed by atoms with Crippen molar-refractivity contribution in [3.8, 4) is 0 Å². The number of carbonyl (C=O) groups excluding carboxylic acids is 1. The van der Waals surface area contributed by atoms with Crippen molar-refractivity contribution in [2.24, 2.45) is 7.05 Å². The number of halogens is 2. The van der Waals surface area contributed by atoms with Gasteiger partial charge in [0, 0.05) is 11.5 Å². The Balaban J connectivity index is 2.23. The minimum atomic E-state index is -0.211. The zero-order chi connectivity index (χ0) is 12.6. The van der Waals surface area contributed by atoms with Gasteiger partial charge in [0.05, 0.1) is 20.5 Å². The van der Waals surface area contributed by atoms with Crippen LogP contribution in [0.4, 0.5) is 11.5 Å². The van der Waals surface area contributed by atoms with Crippen molar-refractivity contribution in [3.63, 3.8) is 0 Å². The molecular weight excluding hydrogens is 372 g/mol. The molecule has 0 aromatic carbocycles. The third-order valence-electron chi connectivity index (χ3n) is 2.07. The normalized spacial score (nSPS) is 10.5. The smallest absolute Gasteiger partial charge is 0.267 e. The lowest BCUT2D eigenvalue weighted by atomic mass is 10.4. The summed E-state index contributed by atoms with van der Waals surface area (Å²) >= 11 is 8.02. The molecule has 0 radical (unpaired) electrons. The second kappa shape index (κ2) is 4.79. The van der Waals surface area contributed by atoms with E-state index in [9.17, 15) is 4.79 Å². The summed E-state index contributed by atoms with van der Waals surface area (Å²) in [5, 5.41) is 6.67. The largest absolute Gasteiger partial charge is 0.394 e. The molecule has 2 aromatic rings. The number of amides is 1. The number of nitrogens with two attached hydrogens (primary N) is 1. The van der Waals surface area contributed by atoms with Crippen LogP contribution in [0.2, 0.25) is 0 Å². The Bertz CT molecular complexity index is 539. The highest BCUT2D eigenvalue weighted by Crippen LogP contribution is 2.32. The number of carbonyl (C=O) groups is 1. The molecule has 0 fully saturated rings. The van der Waals surface area contributed by atoms with Crippen molar-refractivity contribution in [1.82, 2.24) is 9.78 Å². The maximum atomic E-state index is 11.9. The van der Waals surface area contributed by atoms with E-state index in [0.717, 1.165) is 8.26 Å². The molecule has 0 spiro atoms. The predicted molar refractivity (Wildman–Crippen MR) is 75.3 cm³/mol. The van der Waals surface area contributed by atoms with E-state index < -0.39 is 0 Å². The minimum Gasteiger partial charge on any atom is -0.394 e. The summed E-state index contributed by atoms with van der Waals surface area (Å²) in [6, 6.07) is 1.75. The Kier molecular flexibility index (Phi) is 3.55. The molecule has 2 rings (SSSR count). The second-order valence-corrected chi connectivity index (χ2v) is 6.48. The van der Waals surface area contributed by atoms with Crippen LogP contribution in [0.1, 0.15) is 9.67 Å². The number of thiophene rings is 1. The van der Waals surface area contributed by atoms with Crippen LogP contribution in [-0.2, 0) is 7.05 Å². The van der Waals surface area contributed by atoms with Crippen LogP contribution in [0.15, 0.2) is 20.5 Å². The molecule has 0 saturated carbocycles. The number of rotatable bonds is 2. The number of nitrogens with zero attached hydrogens (tertiary/aromatic N) is 2. The fourth-order valence-corrected chi connectivity index (χ4v) is 3.17. The third-order valence-corrected chi connectivity index (χ3v) is 5.32. The fourth-order valence-electron chi connectivity index (χ4n) is 1.24. The van der Waals surface area contributed by atoms with E-state index in [0.29, 0.717) is 16.4 Å². The number of aryl methyl sites for hydroxylation is 1. The fraction of sp³-hybridized carbons (Fsp3) is 0.111. The van der Waals surface area contributed by atoms with Crippen LogP contribution in [0, 0.1) is 0 Å². The molecule has 0 aliphatic carbocycles. The van der Waals surface area contributed by atoms with Crippen molar-refractivity contribution in [2.75, 3.05) is 11.1 Å². The SMILES string of the molecule is Cn1ncc(N)c1NC(=O)c1cc(Br)c(Br)s1. The van der Waals surface area contributed by atoms with Crippen molar-refractivity contribution in [1.29, 1.82) is 0 Å². The highest BCUT2D eigenvalue weighted by molar-refractivity contribution is 9.13. The Morgan fingerprint density at radius 3 is 2.76 bits per heavy atom. The molecule has 1 amide bonds. The molecule has 8 heteroatoms. The van der Waals surface area contributed by atoms with Crippen molar-refractivity contribution in [3.05, 3.63) is 25.4 Å². The molecule has 5 nitrogen and oxygen atoms in total. The van der Waals surface area contributed by atoms with Crippen molar-refractivity contribution < 1.29 is 4.79 Å². The van der Waals surface area contributed by atoms with Gasteiger partial charge in [0.2, 0.25) is 0 Å². The summed E-state index contributed by atoms with van der Waals surface area (Å²) in [4.78, 5) is 12.5. The Labute approximate surface area is 118 Å². The number of hydrogen-bond acceptors (Lipinski definition) is 4. The third kappa shape index (κ3) is 2.53. The zero-order valence-corrected chi connectivity index (χ0v) is 12.7. The summed E-state index contributed by atoms with van der Waals surface area (Å²) < 4.78 is 3.25. The topological polar surface area (TPSA) is 72.9 Å². The summed E-state index contributed by atoms with van der Waals surface area (Å²) in [6.07, 6.45) is 1.50. The van der Waals surface area contributed by atoms with Gasteiger partial charge in [0.25, 0.3) is 5.91 Å². The average Bonchev–Trinajstić information content (AvgIpc) is 2.76. The van der Waals surface area contributed by atoms with E-state index in [1.54, 1.807) is 13.1 Å². The van der Waals surface area contributed by atoms with Crippen LogP contribution >= 0.6 is 43.2 Å². The molecule has 17 heavy (non-hydrogen) atoms. The standard InChI is InChI=1S/C9H8Br2N4OS/c1-15-8(5(12)3-13-15)14-9(16)6-2-4(10)7(11)17-6/h2-3H,12H2,1H3,(H,14,16). The van der Waals surface area contributed by atoms with E-state index in [4.69, 9.17) is 5.73 Å². The summed E-state index contributed by atoms with van der Waals surface area (Å²) in [5.41, 5.74) is 6.13. The quantitative estimate of drug-likeness (QED) is 0.842. The number of anilines is 2. The van der Waals surface area contributed by atoms with Crippen LogP contribution in [-0.4, -0.2) is 15.7 Å². The molecule has 0 aliphatic heterocycles. The first-order valence-electron chi connectivity index (χ1n) is 4.52. The van der Waals surface area contributed by atoms with Crippen LogP contribution < -0.4 is 11.1 Å². The maximum absolute atomic E-state index is 11.9. The Hall–Kier alpha value is -0.860. The van der Waals surface area contributed by atoms with E-state index in [1.165, 1.54) is 22.2 Å². The lowest BCUT2D eigenvalue weighted by molar-refractivity contribution is 0.102. The van der Waals surface area contributed by atoms with E-state index >= 15 is 0 Å². The molecule has 0 bridgehead atoms. The van der Waals surface area contributed by atoms with Crippen LogP contribution in [0.25, 0.3) is 0 Å². The maximum Gasteiger partial charge on any atom is 0.267 e. The first-order chi connectivity index (χ1) is 7.99. The van der Waals surface area contributed by atoms with Gasteiger partial charge in [0.15, 0.2) is 5.82 Å². The van der Waals surface area contributed by atoms with Gasteiger partial charge in [-0.25, -0.2) is 0 Å². The van der Waals surface area contributed by atoms with Crippen LogP contribution in [0.3, 0.4) is 0 Å². The number of hydrogen-bond donors (Lipinski definition) is 2. The molecule has 0 aliphatic rings. The average molecular weight is 380 g/mol. The number of aromatic nitrogens is 2. The van der Waals surface area contributed by atoms with Gasteiger partial charge in [-0.05, 0) is 37.9 Å². The van der Waals surface area contributed by atoms with Gasteiger partial charge in [-0.15, -0.1) is 11.3 Å².